The summed E-state index contributed by atoms with van der Waals surface area (Å²) in [5.74, 6) is -0.0924. The normalized spacial score (nSPS) is 10.6. The number of anilines is 1. The van der Waals surface area contributed by atoms with Crippen molar-refractivity contribution in [2.24, 2.45) is 0 Å². The summed E-state index contributed by atoms with van der Waals surface area (Å²) in [7, 11) is 0. The predicted octanol–water partition coefficient (Wildman–Crippen LogP) is 4.74. The van der Waals surface area contributed by atoms with Gasteiger partial charge in [0.2, 0.25) is 0 Å². The summed E-state index contributed by atoms with van der Waals surface area (Å²) in [5.41, 5.74) is 3.08. The summed E-state index contributed by atoms with van der Waals surface area (Å²) >= 11 is 2.95. The smallest absolute Gasteiger partial charge is 0.267 e. The van der Waals surface area contributed by atoms with Gasteiger partial charge in [-0.05, 0) is 25.5 Å². The molecule has 0 aliphatic carbocycles. The summed E-state index contributed by atoms with van der Waals surface area (Å²) in [6.45, 7) is 4.03. The maximum absolute atomic E-state index is 12.2. The summed E-state index contributed by atoms with van der Waals surface area (Å²) in [5, 5.41) is 5.45. The van der Waals surface area contributed by atoms with Crippen molar-refractivity contribution in [3.8, 4) is 11.3 Å². The summed E-state index contributed by atoms with van der Waals surface area (Å²) < 4.78 is 0. The van der Waals surface area contributed by atoms with Gasteiger partial charge in [-0.1, -0.05) is 30.3 Å². The molecule has 1 amide bonds. The molecule has 2 aromatic heterocycles. The van der Waals surface area contributed by atoms with Crippen LogP contribution in [0.25, 0.3) is 11.3 Å². The van der Waals surface area contributed by atoms with Crippen molar-refractivity contribution in [3.63, 3.8) is 0 Å². The molecule has 0 saturated carbocycles. The zero-order chi connectivity index (χ0) is 14.8. The number of aromatic nitrogens is 1. The lowest BCUT2D eigenvalue weighted by molar-refractivity contribution is 0.103. The Morgan fingerprint density at radius 1 is 1.19 bits per heavy atom. The monoisotopic (exact) mass is 314 g/mol. The Bertz CT molecular complexity index is 755. The number of carbonyl (C=O) groups is 1. The van der Waals surface area contributed by atoms with Gasteiger partial charge in [-0.25, -0.2) is 4.98 Å². The Morgan fingerprint density at radius 3 is 2.62 bits per heavy atom. The fourth-order valence-electron chi connectivity index (χ4n) is 1.92. The highest BCUT2D eigenvalue weighted by Crippen LogP contribution is 2.26. The number of thiazole rings is 1. The number of carbonyl (C=O) groups excluding carboxylic acids is 1. The fourth-order valence-corrected chi connectivity index (χ4v) is 3.56. The van der Waals surface area contributed by atoms with E-state index in [1.165, 1.54) is 27.6 Å². The van der Waals surface area contributed by atoms with Crippen LogP contribution in [-0.4, -0.2) is 10.9 Å². The first-order valence-electron chi connectivity index (χ1n) is 6.53. The van der Waals surface area contributed by atoms with Gasteiger partial charge in [-0.2, -0.15) is 0 Å². The molecule has 5 heteroatoms. The summed E-state index contributed by atoms with van der Waals surface area (Å²) in [6, 6.07) is 11.9. The van der Waals surface area contributed by atoms with Gasteiger partial charge in [0.1, 0.15) is 0 Å². The van der Waals surface area contributed by atoms with Crippen LogP contribution in [0, 0.1) is 13.8 Å². The van der Waals surface area contributed by atoms with Gasteiger partial charge in [0.25, 0.3) is 5.91 Å². The third-order valence-electron chi connectivity index (χ3n) is 3.18. The first-order chi connectivity index (χ1) is 10.1. The zero-order valence-corrected chi connectivity index (χ0v) is 13.3. The highest BCUT2D eigenvalue weighted by molar-refractivity contribution is 7.15. The van der Waals surface area contributed by atoms with E-state index < -0.39 is 0 Å². The van der Waals surface area contributed by atoms with Crippen LogP contribution < -0.4 is 5.32 Å². The van der Waals surface area contributed by atoms with E-state index in [0.717, 1.165) is 21.7 Å². The van der Waals surface area contributed by atoms with Crippen molar-refractivity contribution in [3.05, 3.63) is 57.1 Å². The molecule has 3 rings (SSSR count). The number of nitrogens with one attached hydrogen (secondary N) is 1. The molecule has 0 unspecified atom stereocenters. The van der Waals surface area contributed by atoms with Crippen molar-refractivity contribution < 1.29 is 4.79 Å². The molecule has 106 valence electrons. The number of nitrogens with zero attached hydrogens (tertiary/aromatic N) is 1. The van der Waals surface area contributed by atoms with Gasteiger partial charge >= 0.3 is 0 Å². The minimum atomic E-state index is -0.0924. The first kappa shape index (κ1) is 14.0. The number of amides is 1. The van der Waals surface area contributed by atoms with E-state index in [-0.39, 0.29) is 5.91 Å². The van der Waals surface area contributed by atoms with E-state index in [0.29, 0.717) is 5.13 Å². The molecule has 1 N–H and O–H groups in total. The average Bonchev–Trinajstić information content (AvgIpc) is 3.08. The molecule has 3 aromatic rings. The number of rotatable bonds is 3. The Morgan fingerprint density at radius 2 is 1.95 bits per heavy atom. The Hall–Kier alpha value is -1.98. The largest absolute Gasteiger partial charge is 0.297 e. The molecule has 0 radical (unpaired) electrons. The van der Waals surface area contributed by atoms with Gasteiger partial charge in [-0.3, -0.25) is 10.1 Å². The van der Waals surface area contributed by atoms with E-state index >= 15 is 0 Å². The van der Waals surface area contributed by atoms with Crippen molar-refractivity contribution in [1.29, 1.82) is 0 Å². The van der Waals surface area contributed by atoms with Crippen molar-refractivity contribution >= 4 is 33.7 Å². The minimum Gasteiger partial charge on any atom is -0.297 e. The Labute approximate surface area is 131 Å². The minimum absolute atomic E-state index is 0.0924. The number of thiophene rings is 1. The number of hydrogen-bond acceptors (Lipinski definition) is 4. The van der Waals surface area contributed by atoms with Crippen LogP contribution >= 0.6 is 22.7 Å². The van der Waals surface area contributed by atoms with Gasteiger partial charge in [-0.15, -0.1) is 22.7 Å². The molecular formula is C16H14N2OS2. The van der Waals surface area contributed by atoms with Crippen LogP contribution in [0.1, 0.15) is 20.1 Å². The Balaban J connectivity index is 1.77. The second-order valence-corrected chi connectivity index (χ2v) is 6.82. The SMILES string of the molecule is Cc1cc(C(=O)Nc2nc(-c3ccccc3)cs2)sc1C. The Kier molecular flexibility index (Phi) is 3.86. The second kappa shape index (κ2) is 5.79. The molecule has 0 bridgehead atoms. The molecule has 0 atom stereocenters. The average molecular weight is 314 g/mol. The van der Waals surface area contributed by atoms with Crippen LogP contribution in [-0.2, 0) is 0 Å². The molecule has 0 aliphatic rings. The molecule has 21 heavy (non-hydrogen) atoms. The topological polar surface area (TPSA) is 42.0 Å². The second-order valence-electron chi connectivity index (χ2n) is 4.71. The maximum Gasteiger partial charge on any atom is 0.267 e. The van der Waals surface area contributed by atoms with Gasteiger partial charge in [0, 0.05) is 15.8 Å². The first-order valence-corrected chi connectivity index (χ1v) is 8.22. The third-order valence-corrected chi connectivity index (χ3v) is 5.09. The third kappa shape index (κ3) is 3.04. The lowest BCUT2D eigenvalue weighted by atomic mass is 10.2. The lowest BCUT2D eigenvalue weighted by Crippen LogP contribution is -2.09. The van der Waals surface area contributed by atoms with Crippen molar-refractivity contribution in [1.82, 2.24) is 4.98 Å². The number of aryl methyl sites for hydroxylation is 2. The molecule has 0 saturated heterocycles. The van der Waals surface area contributed by atoms with Gasteiger partial charge in [0.15, 0.2) is 5.13 Å². The number of benzene rings is 1. The maximum atomic E-state index is 12.2. The van der Waals surface area contributed by atoms with E-state index in [1.807, 2.05) is 55.6 Å². The molecule has 1 aromatic carbocycles. The zero-order valence-electron chi connectivity index (χ0n) is 11.7. The molecular weight excluding hydrogens is 300 g/mol. The molecule has 0 spiro atoms. The molecule has 2 heterocycles. The summed E-state index contributed by atoms with van der Waals surface area (Å²) in [6.07, 6.45) is 0. The predicted molar refractivity (Wildman–Crippen MR) is 89.3 cm³/mol. The van der Waals surface area contributed by atoms with Crippen LogP contribution in [0.4, 0.5) is 5.13 Å². The van der Waals surface area contributed by atoms with Crippen LogP contribution in [0.5, 0.6) is 0 Å². The van der Waals surface area contributed by atoms with Crippen LogP contribution in [0.2, 0.25) is 0 Å². The van der Waals surface area contributed by atoms with Crippen molar-refractivity contribution in [2.45, 2.75) is 13.8 Å². The van der Waals surface area contributed by atoms with Gasteiger partial charge in [0.05, 0.1) is 10.6 Å². The lowest BCUT2D eigenvalue weighted by Gasteiger charge is -1.98. The standard InChI is InChI=1S/C16H14N2OS2/c1-10-8-14(21-11(10)2)15(19)18-16-17-13(9-20-16)12-6-4-3-5-7-12/h3-9H,1-2H3,(H,17,18,19). The van der Waals surface area contributed by atoms with Crippen LogP contribution in [0.3, 0.4) is 0 Å². The van der Waals surface area contributed by atoms with E-state index in [9.17, 15) is 4.79 Å². The van der Waals surface area contributed by atoms with E-state index in [4.69, 9.17) is 0 Å². The number of hydrogen-bond donors (Lipinski definition) is 1. The van der Waals surface area contributed by atoms with E-state index in [1.54, 1.807) is 0 Å². The quantitative estimate of drug-likeness (QED) is 0.758. The van der Waals surface area contributed by atoms with Crippen molar-refractivity contribution in [2.75, 3.05) is 5.32 Å². The highest BCUT2D eigenvalue weighted by Gasteiger charge is 2.13. The van der Waals surface area contributed by atoms with Gasteiger partial charge < -0.3 is 0 Å². The van der Waals surface area contributed by atoms with Crippen LogP contribution in [0.15, 0.2) is 41.8 Å². The highest BCUT2D eigenvalue weighted by atomic mass is 32.1. The fraction of sp³-hybridized carbons (Fsp3) is 0.125. The molecule has 3 nitrogen and oxygen atoms in total. The molecule has 0 aliphatic heterocycles. The summed E-state index contributed by atoms with van der Waals surface area (Å²) in [4.78, 5) is 18.6. The van der Waals surface area contributed by atoms with E-state index in [2.05, 4.69) is 10.3 Å². The molecule has 0 fully saturated rings.